The predicted octanol–water partition coefficient (Wildman–Crippen LogP) is 4.05. The molecule has 150 valence electrons. The number of fused-ring (bicyclic) bond motifs is 1. The molecule has 2 aromatic rings. The van der Waals surface area contributed by atoms with Crippen LogP contribution in [-0.4, -0.2) is 42.7 Å². The Bertz CT molecular complexity index is 812. The molecule has 0 bridgehead atoms. The number of unbranched alkanes of at least 4 members (excludes halogenated alkanes) is 1. The number of ether oxygens (including phenoxy) is 1. The number of hydrogen-bond acceptors (Lipinski definition) is 4. The van der Waals surface area contributed by atoms with E-state index in [1.165, 1.54) is 5.56 Å². The summed E-state index contributed by atoms with van der Waals surface area (Å²) in [5, 5.41) is 14.1. The third-order valence-electron chi connectivity index (χ3n) is 5.01. The molecule has 1 atom stereocenters. The van der Waals surface area contributed by atoms with Gasteiger partial charge in [-0.05, 0) is 68.6 Å². The first-order chi connectivity index (χ1) is 13.5. The van der Waals surface area contributed by atoms with Gasteiger partial charge in [0.2, 0.25) is 0 Å². The number of rotatable bonds is 9. The lowest BCUT2D eigenvalue weighted by atomic mass is 10.0. The Morgan fingerprint density at radius 3 is 2.86 bits per heavy atom. The highest BCUT2D eigenvalue weighted by Gasteiger charge is 2.18. The average molecular weight is 403 g/mol. The summed E-state index contributed by atoms with van der Waals surface area (Å²) in [5.41, 5.74) is 2.61. The van der Waals surface area contributed by atoms with Crippen LogP contribution < -0.4 is 10.1 Å². The second kappa shape index (κ2) is 9.92. The molecule has 0 spiro atoms. The van der Waals surface area contributed by atoms with Gasteiger partial charge in [-0.1, -0.05) is 35.9 Å². The predicted molar refractivity (Wildman–Crippen MR) is 112 cm³/mol. The minimum atomic E-state index is -0.544. The van der Waals surface area contributed by atoms with Crippen molar-refractivity contribution in [3.8, 4) is 5.75 Å². The second-order valence-corrected chi connectivity index (χ2v) is 7.66. The van der Waals surface area contributed by atoms with Crippen LogP contribution in [0.3, 0.4) is 0 Å². The van der Waals surface area contributed by atoms with Gasteiger partial charge in [0.15, 0.2) is 6.61 Å². The molecule has 6 heteroatoms. The Balaban J connectivity index is 1.38. The highest BCUT2D eigenvalue weighted by atomic mass is 35.5. The number of carbonyl (C=O) groups excluding carboxylic acids is 1. The normalized spacial score (nSPS) is 14.4. The Kier molecular flexibility index (Phi) is 7.31. The summed E-state index contributed by atoms with van der Waals surface area (Å²) in [4.78, 5) is 13.7. The highest BCUT2D eigenvalue weighted by Crippen LogP contribution is 2.31. The third-order valence-corrected chi connectivity index (χ3v) is 5.38. The molecule has 1 heterocycles. The van der Waals surface area contributed by atoms with Crippen molar-refractivity contribution in [1.29, 1.82) is 0 Å². The Hall–Kier alpha value is -2.08. The lowest BCUT2D eigenvalue weighted by Crippen LogP contribution is -2.25. The van der Waals surface area contributed by atoms with Crippen LogP contribution in [0.15, 0.2) is 42.5 Å². The van der Waals surface area contributed by atoms with Gasteiger partial charge in [0, 0.05) is 11.6 Å². The number of benzene rings is 2. The maximum atomic E-state index is 11.4. The topological polar surface area (TPSA) is 61.8 Å². The number of aliphatic hydroxyl groups is 1. The fourth-order valence-electron chi connectivity index (χ4n) is 3.32. The van der Waals surface area contributed by atoms with Crippen LogP contribution in [0.25, 0.3) is 0 Å². The number of likely N-dealkylation sites (N-methyl/N-ethyl adjacent to an activating group) is 1. The largest absolute Gasteiger partial charge is 0.482 e. The molecule has 28 heavy (non-hydrogen) atoms. The van der Waals surface area contributed by atoms with Crippen molar-refractivity contribution in [2.24, 2.45) is 0 Å². The molecule has 0 aromatic heterocycles. The molecular weight excluding hydrogens is 376 g/mol. The lowest BCUT2D eigenvalue weighted by molar-refractivity contribution is -0.118. The van der Waals surface area contributed by atoms with Gasteiger partial charge in [-0.2, -0.15) is 0 Å². The van der Waals surface area contributed by atoms with Crippen LogP contribution >= 0.6 is 11.6 Å². The van der Waals surface area contributed by atoms with Crippen LogP contribution in [0.5, 0.6) is 5.75 Å². The zero-order valence-electron chi connectivity index (χ0n) is 16.2. The molecule has 5 nitrogen and oxygen atoms in total. The minimum absolute atomic E-state index is 0.0406. The molecule has 1 aliphatic rings. The van der Waals surface area contributed by atoms with Crippen molar-refractivity contribution in [3.05, 3.63) is 58.6 Å². The zero-order chi connectivity index (χ0) is 19.9. The van der Waals surface area contributed by atoms with E-state index < -0.39 is 6.10 Å². The van der Waals surface area contributed by atoms with E-state index >= 15 is 0 Å². The molecular formula is C22H27ClN2O3. The van der Waals surface area contributed by atoms with E-state index in [0.717, 1.165) is 42.9 Å². The van der Waals surface area contributed by atoms with E-state index in [9.17, 15) is 9.90 Å². The monoisotopic (exact) mass is 402 g/mol. The molecule has 3 rings (SSSR count). The van der Waals surface area contributed by atoms with Gasteiger partial charge in [0.25, 0.3) is 5.91 Å². The highest BCUT2D eigenvalue weighted by molar-refractivity contribution is 6.31. The first-order valence-electron chi connectivity index (χ1n) is 9.69. The number of anilines is 1. The molecule has 0 aliphatic carbocycles. The number of carbonyl (C=O) groups is 1. The summed E-state index contributed by atoms with van der Waals surface area (Å²) in [6.45, 7) is 1.97. The molecule has 1 amide bonds. The number of amides is 1. The fourth-order valence-corrected chi connectivity index (χ4v) is 3.55. The van der Waals surface area contributed by atoms with E-state index in [1.807, 2.05) is 24.3 Å². The second-order valence-electron chi connectivity index (χ2n) is 7.25. The van der Waals surface area contributed by atoms with Crippen LogP contribution in [0.1, 0.15) is 36.5 Å². The van der Waals surface area contributed by atoms with Gasteiger partial charge in [-0.3, -0.25) is 4.79 Å². The number of nitrogens with one attached hydrogen (secondary N) is 1. The van der Waals surface area contributed by atoms with E-state index in [1.54, 1.807) is 12.1 Å². The summed E-state index contributed by atoms with van der Waals surface area (Å²) in [6.07, 6.45) is 3.02. The maximum absolute atomic E-state index is 11.4. The quantitative estimate of drug-likeness (QED) is 0.621. The molecule has 1 aliphatic heterocycles. The molecule has 0 saturated heterocycles. The summed E-state index contributed by atoms with van der Waals surface area (Å²) >= 11 is 6.20. The maximum Gasteiger partial charge on any atom is 0.262 e. The molecule has 0 radical (unpaired) electrons. The Labute approximate surface area is 171 Å². The minimum Gasteiger partial charge on any atom is -0.482 e. The van der Waals surface area contributed by atoms with Crippen molar-refractivity contribution >= 4 is 23.2 Å². The van der Waals surface area contributed by atoms with E-state index in [-0.39, 0.29) is 12.5 Å². The first kappa shape index (κ1) is 20.6. The van der Waals surface area contributed by atoms with Crippen LogP contribution in [0.2, 0.25) is 5.02 Å². The van der Waals surface area contributed by atoms with E-state index in [0.29, 0.717) is 17.9 Å². The number of hydrogen-bond donors (Lipinski definition) is 2. The van der Waals surface area contributed by atoms with Gasteiger partial charge in [0.1, 0.15) is 5.75 Å². The van der Waals surface area contributed by atoms with E-state index in [4.69, 9.17) is 16.3 Å². The van der Waals surface area contributed by atoms with Gasteiger partial charge in [0.05, 0.1) is 11.8 Å². The zero-order valence-corrected chi connectivity index (χ0v) is 16.9. The van der Waals surface area contributed by atoms with Crippen molar-refractivity contribution in [2.45, 2.75) is 31.8 Å². The summed E-state index contributed by atoms with van der Waals surface area (Å²) < 4.78 is 5.35. The standard InChI is InChI=1S/C22H27ClN2O3/c1-25(13-11-16-6-2-3-7-18(16)23)12-5-4-8-20(26)17-9-10-21-19(14-17)24-22(27)15-28-21/h2-3,6-7,9-10,14,20,26H,4-5,8,11-13,15H2,1H3,(H,24,27). The SMILES string of the molecule is CN(CCCCC(O)c1ccc2c(c1)NC(=O)CO2)CCc1ccccc1Cl. The first-order valence-corrected chi connectivity index (χ1v) is 10.1. The third kappa shape index (κ3) is 5.71. The van der Waals surface area contributed by atoms with Crippen LogP contribution in [-0.2, 0) is 11.2 Å². The van der Waals surface area contributed by atoms with Crippen LogP contribution in [0, 0.1) is 0 Å². The van der Waals surface area contributed by atoms with Crippen LogP contribution in [0.4, 0.5) is 5.69 Å². The number of nitrogens with zero attached hydrogens (tertiary/aromatic N) is 1. The van der Waals surface area contributed by atoms with Gasteiger partial charge < -0.3 is 20.1 Å². The average Bonchev–Trinajstić information content (AvgIpc) is 2.69. The summed E-state index contributed by atoms with van der Waals surface area (Å²) in [7, 11) is 2.11. The van der Waals surface area contributed by atoms with Crippen molar-refractivity contribution < 1.29 is 14.6 Å². The van der Waals surface area contributed by atoms with Crippen molar-refractivity contribution in [2.75, 3.05) is 32.1 Å². The smallest absolute Gasteiger partial charge is 0.262 e. The van der Waals surface area contributed by atoms with Gasteiger partial charge in [-0.15, -0.1) is 0 Å². The Morgan fingerprint density at radius 2 is 2.04 bits per heavy atom. The summed E-state index contributed by atoms with van der Waals surface area (Å²) in [6, 6.07) is 13.4. The Morgan fingerprint density at radius 1 is 1.21 bits per heavy atom. The molecule has 2 N–H and O–H groups in total. The summed E-state index contributed by atoms with van der Waals surface area (Å²) in [5.74, 6) is 0.481. The molecule has 2 aromatic carbocycles. The lowest BCUT2D eigenvalue weighted by Gasteiger charge is -2.20. The molecule has 0 fully saturated rings. The molecule has 0 saturated carbocycles. The number of aliphatic hydroxyl groups excluding tert-OH is 1. The van der Waals surface area contributed by atoms with Gasteiger partial charge in [-0.25, -0.2) is 0 Å². The fraction of sp³-hybridized carbons (Fsp3) is 0.409. The van der Waals surface area contributed by atoms with Crippen molar-refractivity contribution in [1.82, 2.24) is 4.90 Å². The van der Waals surface area contributed by atoms with Crippen molar-refractivity contribution in [3.63, 3.8) is 0 Å². The number of halogens is 1. The van der Waals surface area contributed by atoms with E-state index in [2.05, 4.69) is 23.3 Å². The molecule has 1 unspecified atom stereocenters. The van der Waals surface area contributed by atoms with Gasteiger partial charge >= 0.3 is 0 Å².